The fourth-order valence-electron chi connectivity index (χ4n) is 1.20. The summed E-state index contributed by atoms with van der Waals surface area (Å²) < 4.78 is 0. The van der Waals surface area contributed by atoms with Crippen LogP contribution in [0.4, 0.5) is 0 Å². The maximum atomic E-state index is 9.34. The number of rotatable bonds is 0. The summed E-state index contributed by atoms with van der Waals surface area (Å²) in [6, 6.07) is 8.85. The molecule has 1 aromatic heterocycles. The zero-order valence-corrected chi connectivity index (χ0v) is 6.20. The molecule has 2 aromatic rings. The van der Waals surface area contributed by atoms with Crippen LogP contribution in [0.5, 0.6) is 5.75 Å². The van der Waals surface area contributed by atoms with E-state index >= 15 is 0 Å². The molecular weight excluding hydrogens is 152 g/mol. The Morgan fingerprint density at radius 3 is 2.92 bits per heavy atom. The van der Waals surface area contributed by atoms with E-state index < -0.39 is 0 Å². The molecule has 2 rings (SSSR count). The number of hydrogen-bond donors (Lipinski definition) is 2. The first-order chi connectivity index (χ1) is 5.81. The number of para-hydroxylation sites is 1. The topological polar surface area (TPSA) is 59.8 Å². The predicted molar refractivity (Wildman–Crippen MR) is 44.7 cm³/mol. The molecule has 0 unspecified atom stereocenters. The Morgan fingerprint density at radius 2 is 2.25 bits per heavy atom. The van der Waals surface area contributed by atoms with Crippen molar-refractivity contribution in [3.8, 4) is 11.8 Å². The summed E-state index contributed by atoms with van der Waals surface area (Å²) in [7, 11) is 0. The minimum absolute atomic E-state index is 0.175. The van der Waals surface area contributed by atoms with E-state index in [0.29, 0.717) is 11.2 Å². The van der Waals surface area contributed by atoms with Crippen molar-refractivity contribution in [2.45, 2.75) is 0 Å². The van der Waals surface area contributed by atoms with E-state index in [-0.39, 0.29) is 5.75 Å². The number of hydrogen-bond acceptors (Lipinski definition) is 2. The minimum atomic E-state index is 0.175. The molecule has 12 heavy (non-hydrogen) atoms. The minimum Gasteiger partial charge on any atom is -0.506 e. The van der Waals surface area contributed by atoms with Crippen LogP contribution in [0.1, 0.15) is 5.69 Å². The number of phenolic OH excluding ortho intramolecular Hbond substituents is 1. The Labute approximate surface area is 68.9 Å². The van der Waals surface area contributed by atoms with E-state index in [1.54, 1.807) is 18.2 Å². The number of aromatic hydroxyl groups is 1. The van der Waals surface area contributed by atoms with Crippen LogP contribution >= 0.6 is 0 Å². The zero-order chi connectivity index (χ0) is 8.55. The average molecular weight is 158 g/mol. The molecular formula is C9H6N2O. The largest absolute Gasteiger partial charge is 0.506 e. The first-order valence-corrected chi connectivity index (χ1v) is 3.52. The van der Waals surface area contributed by atoms with Gasteiger partial charge in [-0.2, -0.15) is 5.26 Å². The molecule has 1 aromatic carbocycles. The van der Waals surface area contributed by atoms with Gasteiger partial charge in [0.2, 0.25) is 0 Å². The number of H-pyrrole nitrogens is 1. The van der Waals surface area contributed by atoms with Crippen molar-refractivity contribution in [2.75, 3.05) is 0 Å². The van der Waals surface area contributed by atoms with Crippen LogP contribution in [0.2, 0.25) is 0 Å². The molecule has 0 aliphatic rings. The van der Waals surface area contributed by atoms with E-state index in [4.69, 9.17) is 5.26 Å². The summed E-state index contributed by atoms with van der Waals surface area (Å²) in [5.74, 6) is 0.175. The van der Waals surface area contributed by atoms with Gasteiger partial charge in [0, 0.05) is 5.39 Å². The fraction of sp³-hybridized carbons (Fsp3) is 0. The third-order valence-corrected chi connectivity index (χ3v) is 1.75. The Kier molecular flexibility index (Phi) is 1.28. The van der Waals surface area contributed by atoms with Gasteiger partial charge in [-0.05, 0) is 12.1 Å². The molecule has 3 heteroatoms. The molecule has 0 saturated carbocycles. The molecule has 3 nitrogen and oxygen atoms in total. The number of aromatic nitrogens is 1. The smallest absolute Gasteiger partial charge is 0.139 e. The van der Waals surface area contributed by atoms with Crippen molar-refractivity contribution in [1.29, 1.82) is 5.26 Å². The highest BCUT2D eigenvalue weighted by atomic mass is 16.3. The third kappa shape index (κ3) is 0.823. The number of benzene rings is 1. The van der Waals surface area contributed by atoms with Crippen molar-refractivity contribution in [3.05, 3.63) is 30.0 Å². The Balaban J connectivity index is 2.85. The number of phenols is 1. The van der Waals surface area contributed by atoms with Gasteiger partial charge in [-0.25, -0.2) is 0 Å². The van der Waals surface area contributed by atoms with E-state index in [1.165, 1.54) is 0 Å². The highest BCUT2D eigenvalue weighted by Gasteiger charge is 2.02. The van der Waals surface area contributed by atoms with Gasteiger partial charge < -0.3 is 10.1 Å². The van der Waals surface area contributed by atoms with E-state index in [2.05, 4.69) is 4.98 Å². The zero-order valence-electron chi connectivity index (χ0n) is 6.20. The van der Waals surface area contributed by atoms with E-state index in [0.717, 1.165) is 5.39 Å². The molecule has 58 valence electrons. The van der Waals surface area contributed by atoms with Crippen molar-refractivity contribution in [1.82, 2.24) is 4.98 Å². The van der Waals surface area contributed by atoms with Crippen LogP contribution in [0.25, 0.3) is 10.9 Å². The number of fused-ring (bicyclic) bond motifs is 1. The van der Waals surface area contributed by atoms with Crippen LogP contribution in [0.3, 0.4) is 0 Å². The molecule has 0 saturated heterocycles. The number of nitrogens with one attached hydrogen (secondary N) is 1. The number of nitrogens with zero attached hydrogens (tertiary/aromatic N) is 1. The lowest BCUT2D eigenvalue weighted by molar-refractivity contribution is 0.480. The molecule has 0 atom stereocenters. The number of aromatic amines is 1. The molecule has 0 radical (unpaired) electrons. The summed E-state index contributed by atoms with van der Waals surface area (Å²) >= 11 is 0. The molecule has 0 aliphatic heterocycles. The second-order valence-corrected chi connectivity index (χ2v) is 2.54. The summed E-state index contributed by atoms with van der Waals surface area (Å²) in [5, 5.41) is 18.8. The Morgan fingerprint density at radius 1 is 1.42 bits per heavy atom. The first-order valence-electron chi connectivity index (χ1n) is 3.52. The van der Waals surface area contributed by atoms with E-state index in [9.17, 15) is 5.11 Å². The van der Waals surface area contributed by atoms with Crippen LogP contribution in [0.15, 0.2) is 24.3 Å². The van der Waals surface area contributed by atoms with Crippen LogP contribution in [-0.4, -0.2) is 10.1 Å². The highest BCUT2D eigenvalue weighted by Crippen LogP contribution is 2.23. The normalized spacial score (nSPS) is 9.92. The summed E-state index contributed by atoms with van der Waals surface area (Å²) in [6.07, 6.45) is 0. The predicted octanol–water partition coefficient (Wildman–Crippen LogP) is 1.75. The summed E-state index contributed by atoms with van der Waals surface area (Å²) in [4.78, 5) is 2.80. The van der Waals surface area contributed by atoms with Crippen LogP contribution < -0.4 is 0 Å². The molecule has 0 aliphatic carbocycles. The lowest BCUT2D eigenvalue weighted by Crippen LogP contribution is -1.70. The van der Waals surface area contributed by atoms with Gasteiger partial charge in [-0.1, -0.05) is 12.1 Å². The first kappa shape index (κ1) is 6.74. The number of nitriles is 1. The maximum Gasteiger partial charge on any atom is 0.139 e. The summed E-state index contributed by atoms with van der Waals surface area (Å²) in [5.41, 5.74) is 1.08. The van der Waals surface area contributed by atoms with Gasteiger partial charge in [0.25, 0.3) is 0 Å². The molecule has 0 fully saturated rings. The second-order valence-electron chi connectivity index (χ2n) is 2.54. The Hall–Kier alpha value is -1.95. The van der Waals surface area contributed by atoms with Crippen molar-refractivity contribution < 1.29 is 5.11 Å². The molecule has 0 amide bonds. The molecule has 1 heterocycles. The van der Waals surface area contributed by atoms with Gasteiger partial charge in [-0.15, -0.1) is 0 Å². The lowest BCUT2D eigenvalue weighted by atomic mass is 10.2. The Bertz CT molecular complexity index is 465. The fourth-order valence-corrected chi connectivity index (χ4v) is 1.20. The van der Waals surface area contributed by atoms with Gasteiger partial charge in [0.1, 0.15) is 17.5 Å². The van der Waals surface area contributed by atoms with Crippen molar-refractivity contribution in [3.63, 3.8) is 0 Å². The average Bonchev–Trinajstić information content (AvgIpc) is 2.49. The van der Waals surface area contributed by atoms with Crippen molar-refractivity contribution in [2.24, 2.45) is 0 Å². The monoisotopic (exact) mass is 158 g/mol. The molecule has 2 N–H and O–H groups in total. The quantitative estimate of drug-likeness (QED) is 0.613. The highest BCUT2D eigenvalue weighted by molar-refractivity contribution is 5.86. The van der Waals surface area contributed by atoms with Gasteiger partial charge in [0.15, 0.2) is 0 Å². The van der Waals surface area contributed by atoms with E-state index in [1.807, 2.05) is 12.1 Å². The SMILES string of the molecule is N#Cc1cc2cccc(O)c2[nH]1. The summed E-state index contributed by atoms with van der Waals surface area (Å²) in [6.45, 7) is 0. The van der Waals surface area contributed by atoms with Crippen molar-refractivity contribution >= 4 is 10.9 Å². The van der Waals surface area contributed by atoms with Gasteiger partial charge in [-0.3, -0.25) is 0 Å². The second kappa shape index (κ2) is 2.28. The van der Waals surface area contributed by atoms with Gasteiger partial charge in [0.05, 0.1) is 5.52 Å². The lowest BCUT2D eigenvalue weighted by Gasteiger charge is -1.91. The molecule has 0 bridgehead atoms. The standard InChI is InChI=1S/C9H6N2O/c10-5-7-4-6-2-1-3-8(12)9(6)11-7/h1-4,11-12H. The molecule has 0 spiro atoms. The van der Waals surface area contributed by atoms with Gasteiger partial charge >= 0.3 is 0 Å². The van der Waals surface area contributed by atoms with Crippen LogP contribution in [-0.2, 0) is 0 Å². The third-order valence-electron chi connectivity index (χ3n) is 1.75. The maximum absolute atomic E-state index is 9.34. The van der Waals surface area contributed by atoms with Crippen LogP contribution in [0, 0.1) is 11.3 Å².